The molecule has 0 amide bonds. The van der Waals surface area contributed by atoms with Crippen LogP contribution in [-0.4, -0.2) is 12.7 Å². The van der Waals surface area contributed by atoms with Crippen LogP contribution in [0.5, 0.6) is 0 Å². The van der Waals surface area contributed by atoms with E-state index >= 15 is 0 Å². The summed E-state index contributed by atoms with van der Waals surface area (Å²) >= 11 is 0. The Bertz CT molecular complexity index is 318. The highest BCUT2D eigenvalue weighted by Gasteiger charge is 2.22. The van der Waals surface area contributed by atoms with Gasteiger partial charge in [-0.25, -0.2) is 0 Å². The number of nitrogens with two attached hydrogens (primary N) is 1. The lowest BCUT2D eigenvalue weighted by atomic mass is 9.93. The molecule has 0 saturated carbocycles. The lowest BCUT2D eigenvalue weighted by Crippen LogP contribution is -2.33. The summed E-state index contributed by atoms with van der Waals surface area (Å²) in [6, 6.07) is 8.51. The summed E-state index contributed by atoms with van der Waals surface area (Å²) in [5.74, 6) is 0.427. The third-order valence-corrected chi connectivity index (χ3v) is 3.14. The summed E-state index contributed by atoms with van der Waals surface area (Å²) in [6.07, 6.45) is 1.15. The lowest BCUT2D eigenvalue weighted by molar-refractivity contribution is 0.0121. The number of rotatable bonds is 6. The third-order valence-electron chi connectivity index (χ3n) is 3.14. The first kappa shape index (κ1) is 14.2. The van der Waals surface area contributed by atoms with E-state index < -0.39 is 0 Å². The predicted octanol–water partition coefficient (Wildman–Crippen LogP) is 3.31. The molecule has 1 aromatic rings. The highest BCUT2D eigenvalue weighted by atomic mass is 16.5. The molecule has 0 saturated heterocycles. The predicted molar refractivity (Wildman–Crippen MR) is 73.0 cm³/mol. The van der Waals surface area contributed by atoms with E-state index in [-0.39, 0.29) is 12.1 Å². The molecule has 2 heteroatoms. The molecule has 96 valence electrons. The summed E-state index contributed by atoms with van der Waals surface area (Å²) < 4.78 is 5.75. The van der Waals surface area contributed by atoms with Gasteiger partial charge in [0.1, 0.15) is 0 Å². The van der Waals surface area contributed by atoms with Crippen molar-refractivity contribution in [2.24, 2.45) is 11.7 Å². The molecule has 2 N–H and O–H groups in total. The Labute approximate surface area is 105 Å². The van der Waals surface area contributed by atoms with Gasteiger partial charge in [0.2, 0.25) is 0 Å². The molecular formula is C15H25NO. The minimum absolute atomic E-state index is 0.0409. The minimum atomic E-state index is -0.0409. The molecule has 0 fully saturated rings. The maximum Gasteiger partial charge on any atom is 0.0790 e. The molecule has 1 rings (SSSR count). The topological polar surface area (TPSA) is 35.2 Å². The van der Waals surface area contributed by atoms with E-state index in [0.29, 0.717) is 12.5 Å². The van der Waals surface area contributed by atoms with Crippen LogP contribution < -0.4 is 5.73 Å². The van der Waals surface area contributed by atoms with Crippen molar-refractivity contribution >= 4 is 0 Å². The summed E-state index contributed by atoms with van der Waals surface area (Å²) in [5, 5.41) is 0. The average molecular weight is 235 g/mol. The number of hydrogen-bond acceptors (Lipinski definition) is 2. The molecule has 0 heterocycles. The molecule has 17 heavy (non-hydrogen) atoms. The van der Waals surface area contributed by atoms with E-state index in [2.05, 4.69) is 45.0 Å². The Morgan fingerprint density at radius 3 is 2.12 bits per heavy atom. The molecule has 1 aromatic carbocycles. The zero-order chi connectivity index (χ0) is 12.8. The van der Waals surface area contributed by atoms with Crippen LogP contribution in [0.4, 0.5) is 0 Å². The van der Waals surface area contributed by atoms with E-state index in [4.69, 9.17) is 10.5 Å². The number of aryl methyl sites for hydroxylation is 1. The monoisotopic (exact) mass is 235 g/mol. The second-order valence-electron chi connectivity index (χ2n) is 4.78. The van der Waals surface area contributed by atoms with Gasteiger partial charge in [-0.1, -0.05) is 45.0 Å². The molecule has 0 aromatic heterocycles. The molecule has 0 aliphatic carbocycles. The number of hydrogen-bond donors (Lipinski definition) is 1. The van der Waals surface area contributed by atoms with Crippen LogP contribution >= 0.6 is 0 Å². The summed E-state index contributed by atoms with van der Waals surface area (Å²) in [5.41, 5.74) is 8.80. The van der Waals surface area contributed by atoms with Crippen LogP contribution in [0.2, 0.25) is 0 Å². The first-order valence-electron chi connectivity index (χ1n) is 6.56. The van der Waals surface area contributed by atoms with Crippen molar-refractivity contribution < 1.29 is 4.74 Å². The van der Waals surface area contributed by atoms with Gasteiger partial charge in [0, 0.05) is 6.61 Å². The van der Waals surface area contributed by atoms with Gasteiger partial charge >= 0.3 is 0 Å². The smallest absolute Gasteiger partial charge is 0.0790 e. The molecule has 0 aliphatic rings. The summed E-state index contributed by atoms with van der Waals surface area (Å²) in [4.78, 5) is 0. The van der Waals surface area contributed by atoms with Crippen molar-refractivity contribution in [3.05, 3.63) is 35.4 Å². The van der Waals surface area contributed by atoms with Gasteiger partial charge < -0.3 is 10.5 Å². The Balaban J connectivity index is 2.81. The second-order valence-corrected chi connectivity index (χ2v) is 4.78. The SMILES string of the molecule is CCOC(C(C)C)C(N)c1ccc(CC)cc1. The molecule has 0 bridgehead atoms. The fourth-order valence-electron chi connectivity index (χ4n) is 2.07. The van der Waals surface area contributed by atoms with Gasteiger partial charge in [0.15, 0.2) is 0 Å². The summed E-state index contributed by atoms with van der Waals surface area (Å²) in [6.45, 7) is 9.19. The first-order chi connectivity index (χ1) is 8.10. The van der Waals surface area contributed by atoms with Crippen molar-refractivity contribution in [2.45, 2.75) is 46.3 Å². The molecule has 2 nitrogen and oxygen atoms in total. The highest BCUT2D eigenvalue weighted by Crippen LogP contribution is 2.23. The largest absolute Gasteiger partial charge is 0.376 e. The quantitative estimate of drug-likeness (QED) is 0.821. The van der Waals surface area contributed by atoms with Crippen molar-refractivity contribution in [3.63, 3.8) is 0 Å². The lowest BCUT2D eigenvalue weighted by Gasteiger charge is -2.27. The molecule has 0 aliphatic heterocycles. The van der Waals surface area contributed by atoms with Crippen LogP contribution in [-0.2, 0) is 11.2 Å². The van der Waals surface area contributed by atoms with Gasteiger partial charge in [-0.2, -0.15) is 0 Å². The van der Waals surface area contributed by atoms with Gasteiger partial charge in [0.05, 0.1) is 12.1 Å². The minimum Gasteiger partial charge on any atom is -0.376 e. The van der Waals surface area contributed by atoms with Crippen LogP contribution in [0.1, 0.15) is 44.9 Å². The second kappa shape index (κ2) is 6.77. The van der Waals surface area contributed by atoms with Crippen LogP contribution in [0.3, 0.4) is 0 Å². The fourth-order valence-corrected chi connectivity index (χ4v) is 2.07. The number of ether oxygens (including phenoxy) is 1. The molecular weight excluding hydrogens is 210 g/mol. The van der Waals surface area contributed by atoms with Crippen molar-refractivity contribution in [2.75, 3.05) is 6.61 Å². The Morgan fingerprint density at radius 2 is 1.71 bits per heavy atom. The number of benzene rings is 1. The van der Waals surface area contributed by atoms with Gasteiger partial charge in [-0.05, 0) is 30.4 Å². The normalized spacial score (nSPS) is 14.9. The highest BCUT2D eigenvalue weighted by molar-refractivity contribution is 5.25. The average Bonchev–Trinajstić information content (AvgIpc) is 2.35. The Morgan fingerprint density at radius 1 is 1.12 bits per heavy atom. The third kappa shape index (κ3) is 3.83. The van der Waals surface area contributed by atoms with Crippen LogP contribution in [0, 0.1) is 5.92 Å². The van der Waals surface area contributed by atoms with Crippen molar-refractivity contribution in [3.8, 4) is 0 Å². The fraction of sp³-hybridized carbons (Fsp3) is 0.600. The molecule has 2 atom stereocenters. The van der Waals surface area contributed by atoms with Gasteiger partial charge in [0.25, 0.3) is 0 Å². The first-order valence-corrected chi connectivity index (χ1v) is 6.56. The Hall–Kier alpha value is -0.860. The van der Waals surface area contributed by atoms with Crippen LogP contribution in [0.25, 0.3) is 0 Å². The maximum absolute atomic E-state index is 6.29. The Kier molecular flexibility index (Phi) is 5.66. The van der Waals surface area contributed by atoms with Gasteiger partial charge in [-0.3, -0.25) is 0 Å². The zero-order valence-corrected chi connectivity index (χ0v) is 11.4. The maximum atomic E-state index is 6.29. The molecule has 0 radical (unpaired) electrons. The van der Waals surface area contributed by atoms with E-state index in [0.717, 1.165) is 12.0 Å². The van der Waals surface area contributed by atoms with Gasteiger partial charge in [-0.15, -0.1) is 0 Å². The molecule has 0 spiro atoms. The van der Waals surface area contributed by atoms with E-state index in [1.165, 1.54) is 5.56 Å². The van der Waals surface area contributed by atoms with E-state index in [1.54, 1.807) is 0 Å². The standard InChI is InChI=1S/C15H25NO/c1-5-12-7-9-13(10-8-12)14(16)15(11(3)4)17-6-2/h7-11,14-15H,5-6,16H2,1-4H3. The summed E-state index contributed by atoms with van der Waals surface area (Å²) in [7, 11) is 0. The van der Waals surface area contributed by atoms with Crippen molar-refractivity contribution in [1.82, 2.24) is 0 Å². The molecule has 2 unspecified atom stereocenters. The zero-order valence-electron chi connectivity index (χ0n) is 11.4. The van der Waals surface area contributed by atoms with E-state index in [9.17, 15) is 0 Å². The van der Waals surface area contributed by atoms with Crippen molar-refractivity contribution in [1.29, 1.82) is 0 Å². The van der Waals surface area contributed by atoms with Crippen LogP contribution in [0.15, 0.2) is 24.3 Å². The van der Waals surface area contributed by atoms with E-state index in [1.807, 2.05) is 6.92 Å².